The highest BCUT2D eigenvalue weighted by molar-refractivity contribution is 5.96. The molecule has 0 spiro atoms. The molecule has 0 saturated heterocycles. The second-order valence-electron chi connectivity index (χ2n) is 5.19. The van der Waals surface area contributed by atoms with Crippen molar-refractivity contribution in [2.75, 3.05) is 13.1 Å². The number of hydrogen-bond acceptors (Lipinski definition) is 3. The molecule has 1 aromatic carbocycles. The maximum Gasteiger partial charge on any atom is 0.170 e. The maximum absolute atomic E-state index is 8.65. The van der Waals surface area contributed by atoms with E-state index in [1.807, 2.05) is 24.3 Å². The summed E-state index contributed by atoms with van der Waals surface area (Å²) in [7, 11) is 0. The summed E-state index contributed by atoms with van der Waals surface area (Å²) in [5, 5.41) is 11.7. The highest BCUT2D eigenvalue weighted by atomic mass is 16.4. The summed E-state index contributed by atoms with van der Waals surface area (Å²) in [6, 6.07) is 7.89. The summed E-state index contributed by atoms with van der Waals surface area (Å²) in [6.07, 6.45) is 2.46. The summed E-state index contributed by atoms with van der Waals surface area (Å²) < 4.78 is 0. The van der Waals surface area contributed by atoms with Gasteiger partial charge in [-0.3, -0.25) is 4.90 Å². The zero-order chi connectivity index (χ0) is 15.0. The van der Waals surface area contributed by atoms with Crippen LogP contribution in [-0.4, -0.2) is 29.0 Å². The summed E-state index contributed by atoms with van der Waals surface area (Å²) in [4.78, 5) is 2.47. The third kappa shape index (κ3) is 4.85. The molecule has 4 nitrogen and oxygen atoms in total. The van der Waals surface area contributed by atoms with E-state index in [2.05, 4.69) is 30.8 Å². The molecule has 0 amide bonds. The van der Waals surface area contributed by atoms with E-state index in [1.165, 1.54) is 18.4 Å². The van der Waals surface area contributed by atoms with Gasteiger partial charge in [0.25, 0.3) is 0 Å². The summed E-state index contributed by atoms with van der Waals surface area (Å²) in [5.41, 5.74) is 7.57. The third-order valence-electron chi connectivity index (χ3n) is 3.88. The number of rotatable bonds is 8. The van der Waals surface area contributed by atoms with E-state index in [4.69, 9.17) is 10.9 Å². The van der Waals surface area contributed by atoms with E-state index in [0.29, 0.717) is 0 Å². The molecule has 0 saturated carbocycles. The molecule has 0 aliphatic carbocycles. The normalized spacial score (nSPS) is 12.3. The molecule has 0 bridgehead atoms. The summed E-state index contributed by atoms with van der Waals surface area (Å²) in [5.74, 6) is 0.923. The minimum Gasteiger partial charge on any atom is -0.409 e. The van der Waals surface area contributed by atoms with Crippen molar-refractivity contribution < 1.29 is 5.21 Å². The molecule has 0 fully saturated rings. The first-order valence-electron chi connectivity index (χ1n) is 7.43. The molecule has 112 valence electrons. The SMILES string of the molecule is CCC(CC)CN(CC)Cc1ccc(C(N)=NO)cc1. The Morgan fingerprint density at radius 3 is 2.25 bits per heavy atom. The van der Waals surface area contributed by atoms with Crippen LogP contribution in [-0.2, 0) is 6.54 Å². The molecule has 3 N–H and O–H groups in total. The van der Waals surface area contributed by atoms with Crippen LogP contribution in [0.15, 0.2) is 29.4 Å². The van der Waals surface area contributed by atoms with E-state index in [0.717, 1.165) is 31.1 Å². The standard InChI is InChI=1S/C16H27N3O/c1-4-13(5-2)11-19(6-3)12-14-7-9-15(10-8-14)16(17)18-20/h7-10,13,20H,4-6,11-12H2,1-3H3,(H2,17,18). The van der Waals surface area contributed by atoms with Gasteiger partial charge in [0.1, 0.15) is 0 Å². The van der Waals surface area contributed by atoms with E-state index >= 15 is 0 Å². The van der Waals surface area contributed by atoms with Crippen LogP contribution < -0.4 is 5.73 Å². The van der Waals surface area contributed by atoms with Gasteiger partial charge >= 0.3 is 0 Å². The Hall–Kier alpha value is -1.55. The topological polar surface area (TPSA) is 61.8 Å². The molecule has 0 unspecified atom stereocenters. The van der Waals surface area contributed by atoms with E-state index in [1.54, 1.807) is 0 Å². The average Bonchev–Trinajstić information content (AvgIpc) is 2.51. The summed E-state index contributed by atoms with van der Waals surface area (Å²) >= 11 is 0. The monoisotopic (exact) mass is 277 g/mol. The van der Waals surface area contributed by atoms with Crippen molar-refractivity contribution in [3.05, 3.63) is 35.4 Å². The molecule has 20 heavy (non-hydrogen) atoms. The van der Waals surface area contributed by atoms with Gasteiger partial charge in [0.2, 0.25) is 0 Å². The van der Waals surface area contributed by atoms with Gasteiger partial charge in [0.05, 0.1) is 0 Å². The van der Waals surface area contributed by atoms with Gasteiger partial charge < -0.3 is 10.9 Å². The molecule has 4 heteroatoms. The van der Waals surface area contributed by atoms with Gasteiger partial charge in [0.15, 0.2) is 5.84 Å². The lowest BCUT2D eigenvalue weighted by atomic mass is 10.0. The first-order valence-corrected chi connectivity index (χ1v) is 7.43. The fraction of sp³-hybridized carbons (Fsp3) is 0.562. The van der Waals surface area contributed by atoms with Crippen molar-refractivity contribution in [2.24, 2.45) is 16.8 Å². The smallest absolute Gasteiger partial charge is 0.170 e. The number of oxime groups is 1. The minimum absolute atomic E-state index is 0.154. The van der Waals surface area contributed by atoms with Crippen molar-refractivity contribution >= 4 is 5.84 Å². The van der Waals surface area contributed by atoms with E-state index < -0.39 is 0 Å². The zero-order valence-corrected chi connectivity index (χ0v) is 12.8. The highest BCUT2D eigenvalue weighted by Gasteiger charge is 2.10. The van der Waals surface area contributed by atoms with Crippen LogP contribution in [0.25, 0.3) is 0 Å². The predicted octanol–water partition coefficient (Wildman–Crippen LogP) is 3.04. The van der Waals surface area contributed by atoms with Gasteiger partial charge in [-0.15, -0.1) is 0 Å². The Labute approximate surface area is 122 Å². The lowest BCUT2D eigenvalue weighted by molar-refractivity contribution is 0.226. The van der Waals surface area contributed by atoms with Gasteiger partial charge in [-0.2, -0.15) is 0 Å². The average molecular weight is 277 g/mol. The maximum atomic E-state index is 8.65. The van der Waals surface area contributed by atoms with Gasteiger partial charge in [-0.05, 0) is 18.0 Å². The van der Waals surface area contributed by atoms with Crippen molar-refractivity contribution in [2.45, 2.75) is 40.2 Å². The Morgan fingerprint density at radius 1 is 1.20 bits per heavy atom. The van der Waals surface area contributed by atoms with Crippen molar-refractivity contribution in [1.82, 2.24) is 4.90 Å². The molecule has 1 rings (SSSR count). The van der Waals surface area contributed by atoms with Crippen LogP contribution in [0, 0.1) is 5.92 Å². The van der Waals surface area contributed by atoms with Gasteiger partial charge in [0, 0.05) is 18.7 Å². The van der Waals surface area contributed by atoms with Crippen LogP contribution in [0.2, 0.25) is 0 Å². The van der Waals surface area contributed by atoms with Crippen LogP contribution in [0.1, 0.15) is 44.7 Å². The third-order valence-corrected chi connectivity index (χ3v) is 3.88. The number of nitrogens with zero attached hydrogens (tertiary/aromatic N) is 2. The molecule has 0 aliphatic heterocycles. The molecule has 0 aliphatic rings. The van der Waals surface area contributed by atoms with Gasteiger partial charge in [-0.25, -0.2) is 0 Å². The van der Waals surface area contributed by atoms with Crippen molar-refractivity contribution in [3.63, 3.8) is 0 Å². The number of hydrogen-bond donors (Lipinski definition) is 2. The van der Waals surface area contributed by atoms with E-state index in [-0.39, 0.29) is 5.84 Å². The minimum atomic E-state index is 0.154. The highest BCUT2D eigenvalue weighted by Crippen LogP contribution is 2.13. The lowest BCUT2D eigenvalue weighted by Gasteiger charge is -2.25. The van der Waals surface area contributed by atoms with Crippen LogP contribution in [0.3, 0.4) is 0 Å². The first-order chi connectivity index (χ1) is 9.64. The number of amidine groups is 1. The largest absolute Gasteiger partial charge is 0.409 e. The molecule has 0 aromatic heterocycles. The molecule has 0 heterocycles. The molecule has 1 aromatic rings. The fourth-order valence-electron chi connectivity index (χ4n) is 2.31. The Morgan fingerprint density at radius 2 is 1.80 bits per heavy atom. The predicted molar refractivity (Wildman–Crippen MR) is 84.0 cm³/mol. The quantitative estimate of drug-likeness (QED) is 0.332. The number of nitrogens with two attached hydrogens (primary N) is 1. The second kappa shape index (κ2) is 8.59. The lowest BCUT2D eigenvalue weighted by Crippen LogP contribution is -2.28. The van der Waals surface area contributed by atoms with Crippen LogP contribution in [0.4, 0.5) is 0 Å². The van der Waals surface area contributed by atoms with E-state index in [9.17, 15) is 0 Å². The van der Waals surface area contributed by atoms with Crippen molar-refractivity contribution in [3.8, 4) is 0 Å². The fourth-order valence-corrected chi connectivity index (χ4v) is 2.31. The first kappa shape index (κ1) is 16.5. The molecule has 0 atom stereocenters. The Bertz CT molecular complexity index is 410. The zero-order valence-electron chi connectivity index (χ0n) is 12.8. The number of benzene rings is 1. The van der Waals surface area contributed by atoms with Crippen LogP contribution in [0.5, 0.6) is 0 Å². The molecular weight excluding hydrogens is 250 g/mol. The van der Waals surface area contributed by atoms with Gasteiger partial charge in [-0.1, -0.05) is 63.0 Å². The second-order valence-corrected chi connectivity index (χ2v) is 5.19. The van der Waals surface area contributed by atoms with Crippen LogP contribution >= 0.6 is 0 Å². The Balaban J connectivity index is 2.66. The van der Waals surface area contributed by atoms with Crippen molar-refractivity contribution in [1.29, 1.82) is 0 Å². The Kier molecular flexibility index (Phi) is 7.09. The molecular formula is C16H27N3O. The summed E-state index contributed by atoms with van der Waals surface area (Å²) in [6.45, 7) is 9.86. The molecule has 0 radical (unpaired) electrons.